The molecule has 0 aliphatic rings. The average Bonchev–Trinajstić information content (AvgIpc) is 2.47. The molecule has 0 saturated carbocycles. The molecule has 2 aromatic rings. The lowest BCUT2D eigenvalue weighted by Crippen LogP contribution is -2.24. The molecule has 0 aliphatic carbocycles. The minimum absolute atomic E-state index is 0.0685. The fourth-order valence-corrected chi connectivity index (χ4v) is 2.28. The maximum absolute atomic E-state index is 13.6. The Morgan fingerprint density at radius 3 is 2.68 bits per heavy atom. The maximum atomic E-state index is 13.6. The smallest absolute Gasteiger partial charge is 0.131 e. The van der Waals surface area contributed by atoms with Gasteiger partial charge >= 0.3 is 0 Å². The van der Waals surface area contributed by atoms with Crippen LogP contribution in [0.25, 0.3) is 0 Å². The van der Waals surface area contributed by atoms with E-state index in [2.05, 4.69) is 6.07 Å². The molecule has 0 spiro atoms. The van der Waals surface area contributed by atoms with E-state index < -0.39 is 17.7 Å². The molecule has 0 aromatic heterocycles. The molecule has 22 heavy (non-hydrogen) atoms. The predicted molar refractivity (Wildman–Crippen MR) is 78.8 cm³/mol. The molecular weight excluding hydrogens is 286 g/mol. The molecule has 1 N–H and O–H groups in total. The van der Waals surface area contributed by atoms with Gasteiger partial charge in [-0.3, -0.25) is 4.90 Å². The number of aliphatic hydroxyl groups is 1. The third-order valence-electron chi connectivity index (χ3n) is 3.31. The van der Waals surface area contributed by atoms with Crippen LogP contribution >= 0.6 is 0 Å². The van der Waals surface area contributed by atoms with Crippen LogP contribution in [-0.2, 0) is 6.54 Å². The Balaban J connectivity index is 2.01. The summed E-state index contributed by atoms with van der Waals surface area (Å²) in [6.07, 6.45) is -1.05. The van der Waals surface area contributed by atoms with Crippen molar-refractivity contribution < 1.29 is 13.9 Å². The van der Waals surface area contributed by atoms with Crippen molar-refractivity contribution in [2.24, 2.45) is 0 Å². The highest BCUT2D eigenvalue weighted by atomic mass is 19.1. The number of likely N-dealkylation sites (N-methyl/N-ethyl adjacent to an activating group) is 1. The highest BCUT2D eigenvalue weighted by molar-refractivity contribution is 5.32. The number of hydrogen-bond donors (Lipinski definition) is 1. The number of nitrogens with zero attached hydrogens (tertiary/aromatic N) is 2. The summed E-state index contributed by atoms with van der Waals surface area (Å²) in [5.41, 5.74) is 1.56. The van der Waals surface area contributed by atoms with E-state index in [1.807, 2.05) is 11.0 Å². The van der Waals surface area contributed by atoms with Crippen molar-refractivity contribution in [1.82, 2.24) is 4.90 Å². The van der Waals surface area contributed by atoms with Crippen LogP contribution in [0.5, 0.6) is 0 Å². The van der Waals surface area contributed by atoms with Crippen LogP contribution in [0.2, 0.25) is 0 Å². The van der Waals surface area contributed by atoms with Crippen LogP contribution in [0, 0.1) is 23.0 Å². The molecule has 114 valence electrons. The SMILES string of the molecule is CN(Cc1cccc(C#N)c1)C[C@@H](O)c1ccc(F)cc1F. The van der Waals surface area contributed by atoms with Crippen molar-refractivity contribution in [2.75, 3.05) is 13.6 Å². The molecule has 0 aliphatic heterocycles. The van der Waals surface area contributed by atoms with Gasteiger partial charge < -0.3 is 5.11 Å². The third kappa shape index (κ3) is 4.10. The molecule has 0 radical (unpaired) electrons. The standard InChI is InChI=1S/C17H16F2N2O/c1-21(10-13-4-2-3-12(7-13)9-20)11-17(22)15-6-5-14(18)8-16(15)19/h2-8,17,22H,10-11H2,1H3/t17-/m1/s1. The zero-order valence-corrected chi connectivity index (χ0v) is 12.1. The topological polar surface area (TPSA) is 47.3 Å². The molecule has 3 nitrogen and oxygen atoms in total. The van der Waals surface area contributed by atoms with E-state index in [0.29, 0.717) is 12.1 Å². The van der Waals surface area contributed by atoms with Crippen molar-refractivity contribution >= 4 is 0 Å². The normalized spacial score (nSPS) is 12.2. The number of hydrogen-bond acceptors (Lipinski definition) is 3. The van der Waals surface area contributed by atoms with Gasteiger partial charge in [-0.05, 0) is 30.8 Å². The Hall–Kier alpha value is -2.29. The van der Waals surface area contributed by atoms with Gasteiger partial charge in [-0.15, -0.1) is 0 Å². The van der Waals surface area contributed by atoms with Gasteiger partial charge in [0.25, 0.3) is 0 Å². The lowest BCUT2D eigenvalue weighted by Gasteiger charge is -2.21. The van der Waals surface area contributed by atoms with Crippen molar-refractivity contribution in [2.45, 2.75) is 12.6 Å². The van der Waals surface area contributed by atoms with Crippen LogP contribution < -0.4 is 0 Å². The van der Waals surface area contributed by atoms with Crippen molar-refractivity contribution in [3.8, 4) is 6.07 Å². The number of nitriles is 1. The van der Waals surface area contributed by atoms with Crippen molar-refractivity contribution in [3.05, 3.63) is 70.8 Å². The van der Waals surface area contributed by atoms with E-state index in [1.54, 1.807) is 25.2 Å². The van der Waals surface area contributed by atoms with Gasteiger partial charge in [0.1, 0.15) is 11.6 Å². The summed E-state index contributed by atoms with van der Waals surface area (Å²) in [5.74, 6) is -1.43. The largest absolute Gasteiger partial charge is 0.387 e. The Kier molecular flexibility index (Phi) is 5.21. The fourth-order valence-electron chi connectivity index (χ4n) is 2.28. The first-order valence-corrected chi connectivity index (χ1v) is 6.80. The van der Waals surface area contributed by atoms with E-state index in [-0.39, 0.29) is 12.1 Å². The van der Waals surface area contributed by atoms with Crippen LogP contribution in [0.4, 0.5) is 8.78 Å². The first-order chi connectivity index (χ1) is 10.5. The highest BCUT2D eigenvalue weighted by Crippen LogP contribution is 2.19. The molecule has 2 aromatic carbocycles. The lowest BCUT2D eigenvalue weighted by atomic mass is 10.1. The molecule has 5 heteroatoms. The van der Waals surface area contributed by atoms with Crippen LogP contribution in [0.15, 0.2) is 42.5 Å². The minimum atomic E-state index is -1.05. The van der Waals surface area contributed by atoms with Gasteiger partial charge in [-0.1, -0.05) is 18.2 Å². The summed E-state index contributed by atoms with van der Waals surface area (Å²) in [7, 11) is 1.78. The highest BCUT2D eigenvalue weighted by Gasteiger charge is 2.15. The number of benzene rings is 2. The summed E-state index contributed by atoms with van der Waals surface area (Å²) in [6, 6.07) is 12.3. The van der Waals surface area contributed by atoms with Gasteiger partial charge in [-0.25, -0.2) is 8.78 Å². The van der Waals surface area contributed by atoms with Crippen molar-refractivity contribution in [1.29, 1.82) is 5.26 Å². The van der Waals surface area contributed by atoms with Gasteiger partial charge in [0.2, 0.25) is 0 Å². The zero-order valence-electron chi connectivity index (χ0n) is 12.1. The van der Waals surface area contributed by atoms with E-state index >= 15 is 0 Å². The first kappa shape index (κ1) is 16.1. The van der Waals surface area contributed by atoms with Crippen LogP contribution in [-0.4, -0.2) is 23.6 Å². The van der Waals surface area contributed by atoms with Crippen LogP contribution in [0.3, 0.4) is 0 Å². The summed E-state index contributed by atoms with van der Waals surface area (Å²) < 4.78 is 26.5. The summed E-state index contributed by atoms with van der Waals surface area (Å²) in [5, 5.41) is 19.0. The Morgan fingerprint density at radius 1 is 1.23 bits per heavy atom. The number of aliphatic hydroxyl groups excluding tert-OH is 1. The molecular formula is C17H16F2N2O. The molecule has 2 rings (SSSR count). The number of rotatable bonds is 5. The zero-order chi connectivity index (χ0) is 16.1. The quantitative estimate of drug-likeness (QED) is 0.923. The summed E-state index contributed by atoms with van der Waals surface area (Å²) in [4.78, 5) is 1.81. The molecule has 0 bridgehead atoms. The second-order valence-electron chi connectivity index (χ2n) is 5.19. The summed E-state index contributed by atoms with van der Waals surface area (Å²) in [6.45, 7) is 0.703. The Labute approximate surface area is 128 Å². The summed E-state index contributed by atoms with van der Waals surface area (Å²) >= 11 is 0. The fraction of sp³-hybridized carbons (Fsp3) is 0.235. The van der Waals surface area contributed by atoms with Crippen molar-refractivity contribution in [3.63, 3.8) is 0 Å². The van der Waals surface area contributed by atoms with Gasteiger partial charge in [0, 0.05) is 24.7 Å². The van der Waals surface area contributed by atoms with Gasteiger partial charge in [-0.2, -0.15) is 5.26 Å². The van der Waals surface area contributed by atoms with Gasteiger partial charge in [0.15, 0.2) is 0 Å². The predicted octanol–water partition coefficient (Wildman–Crippen LogP) is 3.00. The molecule has 1 atom stereocenters. The second kappa shape index (κ2) is 7.12. The molecule has 0 amide bonds. The van der Waals surface area contributed by atoms with Gasteiger partial charge in [0.05, 0.1) is 17.7 Å². The molecule has 0 heterocycles. The third-order valence-corrected chi connectivity index (χ3v) is 3.31. The van der Waals surface area contributed by atoms with E-state index in [4.69, 9.17) is 5.26 Å². The van der Waals surface area contributed by atoms with E-state index in [9.17, 15) is 13.9 Å². The Morgan fingerprint density at radius 2 is 2.00 bits per heavy atom. The molecule has 0 saturated heterocycles. The Bertz CT molecular complexity index is 697. The minimum Gasteiger partial charge on any atom is -0.387 e. The maximum Gasteiger partial charge on any atom is 0.131 e. The van der Waals surface area contributed by atoms with E-state index in [0.717, 1.165) is 17.7 Å². The first-order valence-electron chi connectivity index (χ1n) is 6.80. The molecule has 0 unspecified atom stereocenters. The second-order valence-corrected chi connectivity index (χ2v) is 5.19. The number of halogens is 2. The monoisotopic (exact) mass is 302 g/mol. The van der Waals surface area contributed by atoms with Crippen LogP contribution in [0.1, 0.15) is 22.8 Å². The average molecular weight is 302 g/mol. The van der Waals surface area contributed by atoms with E-state index in [1.165, 1.54) is 6.07 Å². The molecule has 0 fully saturated rings. The lowest BCUT2D eigenvalue weighted by molar-refractivity contribution is 0.120.